The molecule has 0 saturated carbocycles. The number of carboxylic acids is 2. The first-order chi connectivity index (χ1) is 14.2. The Bertz CT molecular complexity index is 1220. The van der Waals surface area contributed by atoms with Gasteiger partial charge in [-0.2, -0.15) is 0 Å². The van der Waals surface area contributed by atoms with Crippen LogP contribution in [0.4, 0.5) is 0 Å². The maximum absolute atomic E-state index is 12.7. The number of pyridine rings is 1. The topological polar surface area (TPSA) is 122 Å². The van der Waals surface area contributed by atoms with Crippen LogP contribution in [0.1, 0.15) is 39.2 Å². The molecule has 3 aromatic rings. The molecule has 0 bridgehead atoms. The molecular weight excluding hydrogens is 433 g/mol. The van der Waals surface area contributed by atoms with Gasteiger partial charge in [0.2, 0.25) is 0 Å². The van der Waals surface area contributed by atoms with Crippen molar-refractivity contribution in [2.45, 2.75) is 19.9 Å². The molecule has 0 unspecified atom stereocenters. The third-order valence-electron chi connectivity index (χ3n) is 4.45. The van der Waals surface area contributed by atoms with Gasteiger partial charge in [0.25, 0.3) is 0 Å². The van der Waals surface area contributed by atoms with Crippen molar-refractivity contribution in [2.24, 2.45) is 0 Å². The van der Waals surface area contributed by atoms with Crippen molar-refractivity contribution in [1.29, 1.82) is 0 Å². The highest BCUT2D eigenvalue weighted by Gasteiger charge is 2.23. The molecule has 0 saturated heterocycles. The lowest BCUT2D eigenvalue weighted by atomic mass is 10.0. The highest BCUT2D eigenvalue weighted by Crippen LogP contribution is 2.31. The average molecular weight is 448 g/mol. The van der Waals surface area contributed by atoms with Crippen molar-refractivity contribution < 1.29 is 19.8 Å². The van der Waals surface area contributed by atoms with Gasteiger partial charge in [-0.05, 0) is 19.1 Å². The zero-order valence-electron chi connectivity index (χ0n) is 15.6. The van der Waals surface area contributed by atoms with E-state index < -0.39 is 22.9 Å². The first kappa shape index (κ1) is 21.5. The number of carboxylic acid groups (broad SMARTS) is 2. The van der Waals surface area contributed by atoms with Crippen LogP contribution in [0.15, 0.2) is 41.5 Å². The van der Waals surface area contributed by atoms with E-state index in [4.69, 9.17) is 23.2 Å². The average Bonchev–Trinajstić information content (AvgIpc) is 2.69. The molecule has 8 nitrogen and oxygen atoms in total. The van der Waals surface area contributed by atoms with E-state index in [1.165, 1.54) is 30.6 Å². The van der Waals surface area contributed by atoms with Gasteiger partial charge in [0, 0.05) is 42.7 Å². The number of aromatic carboxylic acids is 2. The lowest BCUT2D eigenvalue weighted by molar-refractivity contribution is 0.0681. The summed E-state index contributed by atoms with van der Waals surface area (Å²) in [7, 11) is 0. The summed E-state index contributed by atoms with van der Waals surface area (Å²) in [4.78, 5) is 43.9. The number of carbonyl (C=O) groups is 2. The van der Waals surface area contributed by atoms with Crippen LogP contribution in [0.25, 0.3) is 11.3 Å². The molecule has 30 heavy (non-hydrogen) atoms. The van der Waals surface area contributed by atoms with Gasteiger partial charge >= 0.3 is 11.9 Å². The van der Waals surface area contributed by atoms with Gasteiger partial charge < -0.3 is 14.8 Å². The maximum atomic E-state index is 12.7. The Morgan fingerprint density at radius 3 is 2.33 bits per heavy atom. The lowest BCUT2D eigenvalue weighted by Crippen LogP contribution is -2.24. The normalized spacial score (nSPS) is 10.8. The maximum Gasteiger partial charge on any atom is 0.356 e. The second kappa shape index (κ2) is 8.64. The summed E-state index contributed by atoms with van der Waals surface area (Å²) in [6.45, 7) is 2.07. The fourth-order valence-electron chi connectivity index (χ4n) is 3.20. The molecule has 0 radical (unpaired) electrons. The first-order valence-corrected chi connectivity index (χ1v) is 9.48. The number of benzene rings is 1. The minimum absolute atomic E-state index is 0.0349. The highest BCUT2D eigenvalue weighted by molar-refractivity contribution is 6.42. The second-order valence-electron chi connectivity index (χ2n) is 6.24. The van der Waals surface area contributed by atoms with E-state index in [9.17, 15) is 24.6 Å². The van der Waals surface area contributed by atoms with Crippen LogP contribution in [0.5, 0.6) is 0 Å². The molecule has 0 atom stereocenters. The Labute approximate surface area is 180 Å². The Morgan fingerprint density at radius 2 is 1.73 bits per heavy atom. The lowest BCUT2D eigenvalue weighted by Gasteiger charge is -2.20. The molecule has 2 N–H and O–H groups in total. The van der Waals surface area contributed by atoms with Gasteiger partial charge in [-0.3, -0.25) is 9.78 Å². The molecule has 1 aromatic carbocycles. The van der Waals surface area contributed by atoms with Crippen LogP contribution < -0.4 is 5.43 Å². The van der Waals surface area contributed by atoms with Crippen molar-refractivity contribution in [3.05, 3.63) is 79.6 Å². The minimum Gasteiger partial charge on any atom is -0.477 e. The summed E-state index contributed by atoms with van der Waals surface area (Å²) in [5.41, 5.74) is -0.315. The number of halogens is 2. The van der Waals surface area contributed by atoms with E-state index in [0.29, 0.717) is 17.8 Å². The van der Waals surface area contributed by atoms with Gasteiger partial charge in [-0.15, -0.1) is 0 Å². The summed E-state index contributed by atoms with van der Waals surface area (Å²) in [5.74, 6) is -2.64. The predicted octanol–water partition coefficient (Wildman–Crippen LogP) is 3.62. The number of rotatable bonds is 6. The zero-order chi connectivity index (χ0) is 22.0. The van der Waals surface area contributed by atoms with E-state index in [1.807, 2.05) is 0 Å². The number of hydrogen-bond acceptors (Lipinski definition) is 5. The quantitative estimate of drug-likeness (QED) is 0.591. The predicted molar refractivity (Wildman–Crippen MR) is 111 cm³/mol. The van der Waals surface area contributed by atoms with E-state index in [1.54, 1.807) is 17.6 Å². The van der Waals surface area contributed by atoms with Gasteiger partial charge in [0.1, 0.15) is 5.56 Å². The highest BCUT2D eigenvalue weighted by atomic mass is 35.5. The third kappa shape index (κ3) is 4.05. The van der Waals surface area contributed by atoms with Gasteiger partial charge in [-0.1, -0.05) is 29.3 Å². The Kier molecular flexibility index (Phi) is 6.19. The smallest absolute Gasteiger partial charge is 0.356 e. The Morgan fingerprint density at radius 1 is 1.03 bits per heavy atom. The summed E-state index contributed by atoms with van der Waals surface area (Å²) >= 11 is 12.1. The van der Waals surface area contributed by atoms with Crippen LogP contribution in [0, 0.1) is 0 Å². The molecule has 2 aromatic heterocycles. The van der Waals surface area contributed by atoms with Crippen LogP contribution in [0.3, 0.4) is 0 Å². The van der Waals surface area contributed by atoms with Gasteiger partial charge in [0.15, 0.2) is 11.1 Å². The molecule has 0 amide bonds. The molecule has 2 heterocycles. The number of nitrogens with zero attached hydrogens (tertiary/aromatic N) is 3. The molecule has 154 valence electrons. The van der Waals surface area contributed by atoms with Crippen molar-refractivity contribution in [3.8, 4) is 11.3 Å². The van der Waals surface area contributed by atoms with Crippen LogP contribution in [0.2, 0.25) is 10.0 Å². The second-order valence-corrected chi connectivity index (χ2v) is 7.05. The molecule has 0 aliphatic heterocycles. The summed E-state index contributed by atoms with van der Waals surface area (Å²) in [5, 5.41) is 19.5. The standard InChI is InChI=1S/C20H15Cl2N3O5/c1-2-25-11(8-14-17(20(29)30)24-6-5-23-14)9-15(26)16(19(27)28)18(25)10-3-4-12(21)13(22)7-10/h3-7,9H,2,8H2,1H3,(H,27,28)(H,29,30). The van der Waals surface area contributed by atoms with Crippen molar-refractivity contribution in [1.82, 2.24) is 14.5 Å². The third-order valence-corrected chi connectivity index (χ3v) is 5.18. The van der Waals surface area contributed by atoms with Crippen LogP contribution in [-0.4, -0.2) is 36.7 Å². The monoisotopic (exact) mass is 447 g/mol. The van der Waals surface area contributed by atoms with Crippen molar-refractivity contribution in [2.75, 3.05) is 0 Å². The van der Waals surface area contributed by atoms with Crippen LogP contribution in [-0.2, 0) is 13.0 Å². The molecule has 3 rings (SSSR count). The molecule has 0 spiro atoms. The summed E-state index contributed by atoms with van der Waals surface area (Å²) < 4.78 is 1.62. The zero-order valence-corrected chi connectivity index (χ0v) is 17.1. The van der Waals surface area contributed by atoms with Crippen molar-refractivity contribution in [3.63, 3.8) is 0 Å². The molecule has 10 heteroatoms. The van der Waals surface area contributed by atoms with E-state index in [-0.39, 0.29) is 33.5 Å². The van der Waals surface area contributed by atoms with E-state index in [0.717, 1.165) is 0 Å². The number of hydrogen-bond donors (Lipinski definition) is 2. The minimum atomic E-state index is -1.39. The summed E-state index contributed by atoms with van der Waals surface area (Å²) in [6, 6.07) is 5.73. The van der Waals surface area contributed by atoms with Crippen LogP contribution >= 0.6 is 23.2 Å². The van der Waals surface area contributed by atoms with E-state index >= 15 is 0 Å². The fraction of sp³-hybridized carbons (Fsp3) is 0.150. The molecule has 0 aliphatic rings. The largest absolute Gasteiger partial charge is 0.477 e. The van der Waals surface area contributed by atoms with Gasteiger partial charge in [0.05, 0.1) is 21.4 Å². The molecule has 0 aliphatic carbocycles. The Hall–Kier alpha value is -3.23. The first-order valence-electron chi connectivity index (χ1n) is 8.73. The SMILES string of the molecule is CCn1c(Cc2nccnc2C(=O)O)cc(=O)c(C(=O)O)c1-c1ccc(Cl)c(Cl)c1. The Balaban J connectivity index is 2.30. The molecular formula is C20H15Cl2N3O5. The van der Waals surface area contributed by atoms with Gasteiger partial charge in [-0.25, -0.2) is 14.6 Å². The molecule has 0 fully saturated rings. The van der Waals surface area contributed by atoms with Crippen molar-refractivity contribution >= 4 is 35.1 Å². The summed E-state index contributed by atoms with van der Waals surface area (Å²) in [6.07, 6.45) is 2.57. The van der Waals surface area contributed by atoms with E-state index in [2.05, 4.69) is 9.97 Å². The fourth-order valence-corrected chi connectivity index (χ4v) is 3.50. The number of aromatic nitrogens is 3.